The SMILES string of the molecule is CCCCCCCCCCCCCCCCCCCCCCCCC(=O)O[C@H](COC(=O)CCCCCCCCCCCCCCC(C)C)COP(=O)(O)OC[C@@H](O)COP(=O)(O)OC[C@@H](COC(=O)CCCCCCCCCCC(C)C)OC(=O)CCCCCCCCCCCCCCCCC. The Hall–Kier alpha value is -1.94. The molecule has 0 heterocycles. The van der Waals surface area contributed by atoms with Gasteiger partial charge < -0.3 is 33.8 Å². The van der Waals surface area contributed by atoms with Crippen molar-refractivity contribution in [2.24, 2.45) is 11.8 Å². The molecule has 0 aromatic rings. The number of phosphoric acid groups is 2. The third-order valence-corrected chi connectivity index (χ3v) is 21.6. The van der Waals surface area contributed by atoms with E-state index < -0.39 is 97.5 Å². The van der Waals surface area contributed by atoms with Gasteiger partial charge in [0, 0.05) is 25.7 Å². The van der Waals surface area contributed by atoms with Crippen LogP contribution in [0.5, 0.6) is 0 Å². The molecule has 0 bridgehead atoms. The molecule has 17 nitrogen and oxygen atoms in total. The molecule has 0 saturated heterocycles. The number of carbonyl (C=O) groups is 4. The zero-order chi connectivity index (χ0) is 75.6. The number of ether oxygens (including phenoxy) is 4. The van der Waals surface area contributed by atoms with Crippen LogP contribution in [0.15, 0.2) is 0 Å². The minimum atomic E-state index is -4.96. The predicted octanol–water partition coefficient (Wildman–Crippen LogP) is 25.5. The Morgan fingerprint density at radius 1 is 0.262 bits per heavy atom. The molecule has 0 aliphatic heterocycles. The van der Waals surface area contributed by atoms with Crippen LogP contribution in [-0.4, -0.2) is 96.7 Å². The van der Waals surface area contributed by atoms with Crippen LogP contribution < -0.4 is 0 Å². The van der Waals surface area contributed by atoms with Crippen molar-refractivity contribution in [3.63, 3.8) is 0 Å². The summed E-state index contributed by atoms with van der Waals surface area (Å²) in [5, 5.41) is 10.7. The van der Waals surface area contributed by atoms with E-state index in [0.29, 0.717) is 25.7 Å². The molecule has 0 saturated carbocycles. The third-order valence-electron chi connectivity index (χ3n) is 19.7. The highest BCUT2D eigenvalue weighted by Crippen LogP contribution is 2.45. The Morgan fingerprint density at radius 2 is 0.447 bits per heavy atom. The molecule has 3 N–H and O–H groups in total. The van der Waals surface area contributed by atoms with E-state index in [1.807, 2.05) is 0 Å². The first-order valence-corrected chi connectivity index (χ1v) is 46.5. The van der Waals surface area contributed by atoms with Gasteiger partial charge in [-0.25, -0.2) is 9.13 Å². The number of carbonyl (C=O) groups excluding carboxylic acids is 4. The highest BCUT2D eigenvalue weighted by atomic mass is 31.2. The monoisotopic (exact) mass is 1510 g/mol. The second-order valence-electron chi connectivity index (χ2n) is 31.2. The van der Waals surface area contributed by atoms with Crippen LogP contribution in [0.4, 0.5) is 0 Å². The van der Waals surface area contributed by atoms with Crippen LogP contribution in [0.1, 0.15) is 446 Å². The van der Waals surface area contributed by atoms with Crippen LogP contribution >= 0.6 is 15.6 Å². The molecule has 0 radical (unpaired) electrons. The maximum absolute atomic E-state index is 13.1. The van der Waals surface area contributed by atoms with Crippen molar-refractivity contribution in [2.75, 3.05) is 39.6 Å². The van der Waals surface area contributed by atoms with E-state index in [4.69, 9.17) is 37.0 Å². The van der Waals surface area contributed by atoms with Gasteiger partial charge in [-0.2, -0.15) is 0 Å². The van der Waals surface area contributed by atoms with E-state index in [0.717, 1.165) is 102 Å². The molecule has 2 unspecified atom stereocenters. The van der Waals surface area contributed by atoms with Gasteiger partial charge in [0.2, 0.25) is 0 Å². The predicted molar refractivity (Wildman–Crippen MR) is 423 cm³/mol. The van der Waals surface area contributed by atoms with Crippen molar-refractivity contribution < 1.29 is 80.2 Å². The highest BCUT2D eigenvalue weighted by Gasteiger charge is 2.30. The van der Waals surface area contributed by atoms with Crippen LogP contribution in [0.25, 0.3) is 0 Å². The molecule has 5 atom stereocenters. The fourth-order valence-electron chi connectivity index (χ4n) is 13.1. The number of rotatable bonds is 83. The lowest BCUT2D eigenvalue weighted by molar-refractivity contribution is -0.161. The second-order valence-corrected chi connectivity index (χ2v) is 34.1. The van der Waals surface area contributed by atoms with Crippen LogP contribution in [0.2, 0.25) is 0 Å². The summed E-state index contributed by atoms with van der Waals surface area (Å²) in [6.07, 6.45) is 66.7. The summed E-state index contributed by atoms with van der Waals surface area (Å²) in [5.41, 5.74) is 0. The molecule has 103 heavy (non-hydrogen) atoms. The van der Waals surface area contributed by atoms with Crippen molar-refractivity contribution in [3.8, 4) is 0 Å². The minimum Gasteiger partial charge on any atom is -0.462 e. The summed E-state index contributed by atoms with van der Waals surface area (Å²) in [5.74, 6) is -0.597. The first kappa shape index (κ1) is 101. The lowest BCUT2D eigenvalue weighted by Gasteiger charge is -2.21. The van der Waals surface area contributed by atoms with Crippen LogP contribution in [-0.2, 0) is 65.4 Å². The van der Waals surface area contributed by atoms with Crippen molar-refractivity contribution in [1.29, 1.82) is 0 Å². The number of phosphoric ester groups is 2. The van der Waals surface area contributed by atoms with Gasteiger partial charge in [0.25, 0.3) is 0 Å². The number of hydrogen-bond donors (Lipinski definition) is 3. The van der Waals surface area contributed by atoms with Crippen molar-refractivity contribution in [3.05, 3.63) is 0 Å². The lowest BCUT2D eigenvalue weighted by Crippen LogP contribution is -2.30. The molecule has 0 amide bonds. The van der Waals surface area contributed by atoms with E-state index in [1.165, 1.54) is 263 Å². The third kappa shape index (κ3) is 78.0. The smallest absolute Gasteiger partial charge is 0.462 e. The number of esters is 4. The van der Waals surface area contributed by atoms with Crippen LogP contribution in [0, 0.1) is 11.8 Å². The first-order valence-electron chi connectivity index (χ1n) is 43.5. The van der Waals surface area contributed by atoms with E-state index >= 15 is 0 Å². The Morgan fingerprint density at radius 3 is 0.660 bits per heavy atom. The van der Waals surface area contributed by atoms with Crippen molar-refractivity contribution in [1.82, 2.24) is 0 Å². The zero-order valence-electron chi connectivity index (χ0n) is 67.6. The number of aliphatic hydroxyl groups is 1. The molecule has 0 fully saturated rings. The van der Waals surface area contributed by atoms with Gasteiger partial charge in [-0.05, 0) is 37.5 Å². The van der Waals surface area contributed by atoms with Gasteiger partial charge in [-0.3, -0.25) is 37.3 Å². The standard InChI is InChI=1S/C84H164O17P2/c1-7-9-11-13-15-17-19-21-23-24-25-26-27-28-29-31-33-39-43-51-57-63-69-83(88)100-79(72-94-81(86)66-60-54-48-41-37-35-34-36-40-46-52-58-64-76(3)4)74-98-102(90,91)96-70-78(85)71-97-103(92,93)99-75-80(73-95-82(87)67-61-55-49-45-44-47-53-59-65-77(5)6)101-84(89)68-62-56-50-42-38-32-30-22-20-18-16-14-12-10-8-2/h76-80,85H,7-75H2,1-6H3,(H,90,91)(H,92,93)/t78-,79-,80-/m1/s1. The molecular formula is C84H164O17P2. The fraction of sp³-hybridized carbons (Fsp3) is 0.952. The van der Waals surface area contributed by atoms with Gasteiger partial charge in [0.1, 0.15) is 19.3 Å². The van der Waals surface area contributed by atoms with Crippen molar-refractivity contribution in [2.45, 2.75) is 464 Å². The van der Waals surface area contributed by atoms with Gasteiger partial charge in [0.15, 0.2) is 12.2 Å². The maximum atomic E-state index is 13.1. The van der Waals surface area contributed by atoms with Crippen LogP contribution in [0.3, 0.4) is 0 Å². The Bertz CT molecular complexity index is 1980. The molecule has 19 heteroatoms. The molecule has 0 aliphatic rings. The van der Waals surface area contributed by atoms with Gasteiger partial charge in [-0.15, -0.1) is 0 Å². The van der Waals surface area contributed by atoms with Gasteiger partial charge >= 0.3 is 39.5 Å². The summed E-state index contributed by atoms with van der Waals surface area (Å²) in [7, 11) is -9.92. The summed E-state index contributed by atoms with van der Waals surface area (Å²) in [4.78, 5) is 73.1. The Balaban J connectivity index is 5.22. The fourth-order valence-corrected chi connectivity index (χ4v) is 14.6. The molecule has 0 aromatic carbocycles. The highest BCUT2D eigenvalue weighted by molar-refractivity contribution is 7.47. The maximum Gasteiger partial charge on any atom is 0.472 e. The van der Waals surface area contributed by atoms with E-state index in [1.54, 1.807) is 0 Å². The van der Waals surface area contributed by atoms with E-state index in [-0.39, 0.29) is 25.7 Å². The summed E-state index contributed by atoms with van der Waals surface area (Å²) >= 11 is 0. The average molecular weight is 1510 g/mol. The van der Waals surface area contributed by atoms with Gasteiger partial charge in [-0.1, -0.05) is 395 Å². The minimum absolute atomic E-state index is 0.108. The Kier molecular flexibility index (Phi) is 74.1. The Labute approximate surface area is 632 Å². The van der Waals surface area contributed by atoms with E-state index in [9.17, 15) is 43.2 Å². The van der Waals surface area contributed by atoms with Crippen molar-refractivity contribution >= 4 is 39.5 Å². The zero-order valence-corrected chi connectivity index (χ0v) is 69.4. The largest absolute Gasteiger partial charge is 0.472 e. The molecule has 0 aromatic heterocycles. The molecule has 0 rings (SSSR count). The average Bonchev–Trinajstić information content (AvgIpc) is 0.958. The summed E-state index contributed by atoms with van der Waals surface area (Å²) in [6, 6.07) is 0. The summed E-state index contributed by atoms with van der Waals surface area (Å²) < 4.78 is 68.8. The molecule has 0 aliphatic carbocycles. The number of hydrogen-bond acceptors (Lipinski definition) is 15. The van der Waals surface area contributed by atoms with Gasteiger partial charge in [0.05, 0.1) is 26.4 Å². The number of unbranched alkanes of at least 4 members (excludes halogenated alkanes) is 53. The number of aliphatic hydroxyl groups excluding tert-OH is 1. The molecular weight excluding hydrogens is 1340 g/mol. The molecule has 612 valence electrons. The first-order chi connectivity index (χ1) is 49.9. The lowest BCUT2D eigenvalue weighted by atomic mass is 10.0. The normalized spacial score (nSPS) is 13.9. The topological polar surface area (TPSA) is 237 Å². The summed E-state index contributed by atoms with van der Waals surface area (Å²) in [6.45, 7) is 9.63. The second kappa shape index (κ2) is 75.5. The quantitative estimate of drug-likeness (QED) is 0.0222. The van der Waals surface area contributed by atoms with E-state index in [2.05, 4.69) is 41.5 Å². The molecule has 0 spiro atoms.